The van der Waals surface area contributed by atoms with Crippen LogP contribution in [0.25, 0.3) is 0 Å². The predicted octanol–water partition coefficient (Wildman–Crippen LogP) is 2.68. The fourth-order valence-corrected chi connectivity index (χ4v) is 1.77. The Kier molecular flexibility index (Phi) is 6.97. The van der Waals surface area contributed by atoms with Crippen LogP contribution in [0.4, 0.5) is 10.5 Å². The number of rotatable bonds is 6. The number of amides is 2. The molecule has 2 rings (SSSR count). The summed E-state index contributed by atoms with van der Waals surface area (Å²) >= 11 is 0. The van der Waals surface area contributed by atoms with Crippen LogP contribution in [-0.2, 0) is 0 Å². The van der Waals surface area contributed by atoms with Crippen LogP contribution >= 0.6 is 0 Å². The summed E-state index contributed by atoms with van der Waals surface area (Å²) in [6.45, 7) is 3.01. The molecule has 1 aromatic heterocycles. The lowest BCUT2D eigenvalue weighted by Crippen LogP contribution is -2.28. The van der Waals surface area contributed by atoms with E-state index in [2.05, 4.69) is 27.5 Å². The van der Waals surface area contributed by atoms with Gasteiger partial charge in [-0.3, -0.25) is 4.98 Å². The number of nitrogens with zero attached hydrogens (tertiary/aromatic N) is 1. The summed E-state index contributed by atoms with van der Waals surface area (Å²) in [6.07, 6.45) is 3.29. The van der Waals surface area contributed by atoms with Gasteiger partial charge in [0.25, 0.3) is 0 Å². The van der Waals surface area contributed by atoms with Crippen molar-refractivity contribution in [1.29, 1.82) is 0 Å². The third kappa shape index (κ3) is 6.28. The highest BCUT2D eigenvalue weighted by Crippen LogP contribution is 2.15. The Morgan fingerprint density at radius 1 is 1.12 bits per heavy atom. The first-order valence-corrected chi connectivity index (χ1v) is 7.54. The molecule has 124 valence electrons. The quantitative estimate of drug-likeness (QED) is 0.801. The molecule has 2 amide bonds. The minimum atomic E-state index is -0.318. The highest BCUT2D eigenvalue weighted by molar-refractivity contribution is 5.89. The standard InChI is InChI=1S/C18H19N3O3/c1-2-23-16-9-7-15(8-10-16)21-18(22)20-12-3-4-13-24-17-6-5-11-19-14-17/h5-11,14H,2,12-13H2,1H3,(H2,20,21,22). The Bertz CT molecular complexity index is 691. The van der Waals surface area contributed by atoms with Crippen molar-refractivity contribution in [2.45, 2.75) is 6.92 Å². The lowest BCUT2D eigenvalue weighted by molar-refractivity contribution is 0.253. The minimum absolute atomic E-state index is 0.235. The number of carbonyl (C=O) groups is 1. The smallest absolute Gasteiger partial charge is 0.319 e. The number of urea groups is 1. The van der Waals surface area contributed by atoms with E-state index in [9.17, 15) is 4.79 Å². The summed E-state index contributed by atoms with van der Waals surface area (Å²) in [7, 11) is 0. The van der Waals surface area contributed by atoms with Gasteiger partial charge in [0.2, 0.25) is 0 Å². The summed E-state index contributed by atoms with van der Waals surface area (Å²) in [5.74, 6) is 7.05. The summed E-state index contributed by atoms with van der Waals surface area (Å²) in [6, 6.07) is 10.4. The largest absolute Gasteiger partial charge is 0.494 e. The van der Waals surface area contributed by atoms with Gasteiger partial charge >= 0.3 is 6.03 Å². The average Bonchev–Trinajstić information content (AvgIpc) is 2.61. The Hall–Kier alpha value is -3.20. The molecular weight excluding hydrogens is 306 g/mol. The van der Waals surface area contributed by atoms with Crippen LogP contribution in [0.3, 0.4) is 0 Å². The van der Waals surface area contributed by atoms with Crippen molar-refractivity contribution < 1.29 is 14.3 Å². The van der Waals surface area contributed by atoms with Crippen LogP contribution in [0.15, 0.2) is 48.8 Å². The fourth-order valence-electron chi connectivity index (χ4n) is 1.77. The first-order valence-electron chi connectivity index (χ1n) is 7.54. The molecule has 24 heavy (non-hydrogen) atoms. The van der Waals surface area contributed by atoms with Crippen molar-refractivity contribution >= 4 is 11.7 Å². The maximum absolute atomic E-state index is 11.7. The van der Waals surface area contributed by atoms with Crippen LogP contribution in [0.2, 0.25) is 0 Å². The number of pyridine rings is 1. The zero-order chi connectivity index (χ0) is 17.0. The monoisotopic (exact) mass is 325 g/mol. The maximum atomic E-state index is 11.7. The van der Waals surface area contributed by atoms with Gasteiger partial charge in [-0.2, -0.15) is 0 Å². The Labute approximate surface area is 141 Å². The van der Waals surface area contributed by atoms with Gasteiger partial charge in [0, 0.05) is 11.9 Å². The van der Waals surface area contributed by atoms with E-state index in [0.717, 1.165) is 5.75 Å². The van der Waals surface area contributed by atoms with Gasteiger partial charge in [-0.05, 0) is 43.3 Å². The molecule has 0 atom stereocenters. The molecule has 0 saturated heterocycles. The molecule has 1 aromatic carbocycles. The zero-order valence-electron chi connectivity index (χ0n) is 13.4. The summed E-state index contributed by atoms with van der Waals surface area (Å²) in [5.41, 5.74) is 0.684. The molecule has 0 saturated carbocycles. The van der Waals surface area contributed by atoms with E-state index in [4.69, 9.17) is 9.47 Å². The second-order valence-electron chi connectivity index (χ2n) is 4.60. The minimum Gasteiger partial charge on any atom is -0.494 e. The van der Waals surface area contributed by atoms with Gasteiger partial charge in [-0.1, -0.05) is 11.8 Å². The number of aromatic nitrogens is 1. The molecule has 0 aliphatic heterocycles. The fraction of sp³-hybridized carbons (Fsp3) is 0.222. The number of hydrogen-bond acceptors (Lipinski definition) is 4. The van der Waals surface area contributed by atoms with Gasteiger partial charge < -0.3 is 20.1 Å². The topological polar surface area (TPSA) is 72.5 Å². The highest BCUT2D eigenvalue weighted by atomic mass is 16.5. The van der Waals surface area contributed by atoms with Crippen LogP contribution in [0.5, 0.6) is 11.5 Å². The third-order valence-electron chi connectivity index (χ3n) is 2.83. The van der Waals surface area contributed by atoms with Gasteiger partial charge in [-0.25, -0.2) is 4.79 Å². The molecular formula is C18H19N3O3. The van der Waals surface area contributed by atoms with Gasteiger partial charge in [0.05, 0.1) is 19.3 Å². The van der Waals surface area contributed by atoms with Crippen LogP contribution < -0.4 is 20.1 Å². The Morgan fingerprint density at radius 2 is 1.96 bits per heavy atom. The molecule has 0 bridgehead atoms. The lowest BCUT2D eigenvalue weighted by Gasteiger charge is -2.07. The van der Waals surface area contributed by atoms with E-state index in [1.165, 1.54) is 0 Å². The van der Waals surface area contributed by atoms with Crippen molar-refractivity contribution in [1.82, 2.24) is 10.3 Å². The van der Waals surface area contributed by atoms with Gasteiger partial charge in [0.1, 0.15) is 18.1 Å². The number of ether oxygens (including phenoxy) is 2. The van der Waals surface area contributed by atoms with Crippen molar-refractivity contribution in [3.8, 4) is 23.3 Å². The van der Waals surface area contributed by atoms with Crippen molar-refractivity contribution in [2.24, 2.45) is 0 Å². The molecule has 0 spiro atoms. The van der Waals surface area contributed by atoms with E-state index in [1.54, 1.807) is 48.8 Å². The number of benzene rings is 1. The van der Waals surface area contributed by atoms with Gasteiger partial charge in [-0.15, -0.1) is 0 Å². The number of anilines is 1. The molecule has 1 heterocycles. The summed E-state index contributed by atoms with van der Waals surface area (Å²) in [4.78, 5) is 15.6. The van der Waals surface area contributed by atoms with E-state index >= 15 is 0 Å². The van der Waals surface area contributed by atoms with E-state index in [0.29, 0.717) is 18.0 Å². The highest BCUT2D eigenvalue weighted by Gasteiger charge is 2.00. The Morgan fingerprint density at radius 3 is 2.67 bits per heavy atom. The first-order chi connectivity index (χ1) is 11.8. The number of hydrogen-bond donors (Lipinski definition) is 2. The molecule has 2 N–H and O–H groups in total. The van der Waals surface area contributed by atoms with Gasteiger partial charge in [0.15, 0.2) is 0 Å². The normalized spacial score (nSPS) is 9.38. The van der Waals surface area contributed by atoms with Crippen LogP contribution in [0, 0.1) is 11.8 Å². The molecule has 0 fully saturated rings. The van der Waals surface area contributed by atoms with Crippen LogP contribution in [-0.4, -0.2) is 30.8 Å². The molecule has 2 aromatic rings. The lowest BCUT2D eigenvalue weighted by atomic mass is 10.3. The van der Waals surface area contributed by atoms with E-state index in [1.807, 2.05) is 6.92 Å². The van der Waals surface area contributed by atoms with Crippen molar-refractivity contribution in [2.75, 3.05) is 25.1 Å². The second kappa shape index (κ2) is 9.74. The number of carbonyl (C=O) groups excluding carboxylic acids is 1. The number of nitrogens with one attached hydrogen (secondary N) is 2. The Balaban J connectivity index is 1.65. The van der Waals surface area contributed by atoms with Crippen molar-refractivity contribution in [3.63, 3.8) is 0 Å². The molecule has 0 radical (unpaired) electrons. The summed E-state index contributed by atoms with van der Waals surface area (Å²) in [5, 5.41) is 5.36. The summed E-state index contributed by atoms with van der Waals surface area (Å²) < 4.78 is 10.7. The molecule has 6 nitrogen and oxygen atoms in total. The third-order valence-corrected chi connectivity index (χ3v) is 2.83. The molecule has 0 unspecified atom stereocenters. The van der Waals surface area contributed by atoms with Crippen LogP contribution in [0.1, 0.15) is 6.92 Å². The average molecular weight is 325 g/mol. The van der Waals surface area contributed by atoms with Crippen molar-refractivity contribution in [3.05, 3.63) is 48.8 Å². The molecule has 0 aliphatic carbocycles. The molecule has 0 aliphatic rings. The molecule has 6 heteroatoms. The first kappa shape index (κ1) is 17.2. The SMILES string of the molecule is CCOc1ccc(NC(=O)NCC#CCOc2cccnc2)cc1. The van der Waals surface area contributed by atoms with E-state index < -0.39 is 0 Å². The second-order valence-corrected chi connectivity index (χ2v) is 4.60. The predicted molar refractivity (Wildman–Crippen MR) is 92.1 cm³/mol. The maximum Gasteiger partial charge on any atom is 0.319 e. The zero-order valence-corrected chi connectivity index (χ0v) is 13.4. The van der Waals surface area contributed by atoms with E-state index in [-0.39, 0.29) is 19.2 Å².